The lowest BCUT2D eigenvalue weighted by Gasteiger charge is -2.07. The molecule has 0 amide bonds. The molecule has 134 valence electrons. The van der Waals surface area contributed by atoms with Gasteiger partial charge in [0, 0.05) is 0 Å². The SMILES string of the molecule is CCC(C)CCCCCCCCCCCCOS(=O)(=O)OC. The second-order valence-corrected chi connectivity index (χ2v) is 7.62. The van der Waals surface area contributed by atoms with Crippen LogP contribution in [0.25, 0.3) is 0 Å². The van der Waals surface area contributed by atoms with Crippen molar-refractivity contribution >= 4 is 10.4 Å². The van der Waals surface area contributed by atoms with Crippen molar-refractivity contribution in [2.45, 2.75) is 90.9 Å². The average Bonchev–Trinajstić information content (AvgIpc) is 2.51. The molecule has 0 aromatic carbocycles. The minimum Gasteiger partial charge on any atom is -0.252 e. The molecule has 4 nitrogen and oxygen atoms in total. The van der Waals surface area contributed by atoms with E-state index in [9.17, 15) is 8.42 Å². The van der Waals surface area contributed by atoms with Gasteiger partial charge < -0.3 is 0 Å². The van der Waals surface area contributed by atoms with Gasteiger partial charge in [-0.25, -0.2) is 4.18 Å². The van der Waals surface area contributed by atoms with E-state index in [0.717, 1.165) is 32.3 Å². The third-order valence-electron chi connectivity index (χ3n) is 4.22. The minimum absolute atomic E-state index is 0.229. The van der Waals surface area contributed by atoms with Gasteiger partial charge in [-0.1, -0.05) is 84.5 Å². The van der Waals surface area contributed by atoms with Crippen LogP contribution in [0.4, 0.5) is 0 Å². The summed E-state index contributed by atoms with van der Waals surface area (Å²) in [5.41, 5.74) is 0. The van der Waals surface area contributed by atoms with Crippen molar-refractivity contribution in [1.82, 2.24) is 0 Å². The fourth-order valence-electron chi connectivity index (χ4n) is 2.42. The fraction of sp³-hybridized carbons (Fsp3) is 1.00. The Morgan fingerprint density at radius 1 is 0.818 bits per heavy atom. The zero-order valence-corrected chi connectivity index (χ0v) is 15.6. The van der Waals surface area contributed by atoms with Gasteiger partial charge in [-0.3, -0.25) is 4.18 Å². The first-order valence-corrected chi connectivity index (χ1v) is 10.3. The average molecular weight is 337 g/mol. The molecular weight excluding hydrogens is 300 g/mol. The smallest absolute Gasteiger partial charge is 0.252 e. The van der Waals surface area contributed by atoms with Gasteiger partial charge in [0.25, 0.3) is 0 Å². The normalized spacial score (nSPS) is 13.4. The summed E-state index contributed by atoms with van der Waals surface area (Å²) >= 11 is 0. The van der Waals surface area contributed by atoms with Crippen molar-refractivity contribution in [3.63, 3.8) is 0 Å². The summed E-state index contributed by atoms with van der Waals surface area (Å²) in [5.74, 6) is 0.892. The number of hydrogen-bond acceptors (Lipinski definition) is 4. The van der Waals surface area contributed by atoms with Gasteiger partial charge in [-0.2, -0.15) is 8.42 Å². The van der Waals surface area contributed by atoms with Crippen LogP contribution in [-0.4, -0.2) is 22.1 Å². The Labute approximate surface area is 138 Å². The summed E-state index contributed by atoms with van der Waals surface area (Å²) in [5, 5.41) is 0. The highest BCUT2D eigenvalue weighted by Gasteiger charge is 2.07. The first-order chi connectivity index (χ1) is 10.5. The summed E-state index contributed by atoms with van der Waals surface area (Å²) in [6.45, 7) is 4.84. The van der Waals surface area contributed by atoms with Crippen LogP contribution >= 0.6 is 0 Å². The molecule has 0 aliphatic heterocycles. The van der Waals surface area contributed by atoms with Crippen LogP contribution in [0.2, 0.25) is 0 Å². The Kier molecular flexibility index (Phi) is 14.4. The van der Waals surface area contributed by atoms with Gasteiger partial charge >= 0.3 is 10.4 Å². The fourth-order valence-corrected chi connectivity index (χ4v) is 2.84. The van der Waals surface area contributed by atoms with Gasteiger partial charge in [-0.15, -0.1) is 0 Å². The summed E-state index contributed by atoms with van der Waals surface area (Å²) in [6, 6.07) is 0. The van der Waals surface area contributed by atoms with Crippen molar-refractivity contribution < 1.29 is 16.8 Å². The van der Waals surface area contributed by atoms with E-state index in [2.05, 4.69) is 22.2 Å². The van der Waals surface area contributed by atoms with E-state index in [1.54, 1.807) is 0 Å². The molecule has 0 fully saturated rings. The third-order valence-corrected chi connectivity index (χ3v) is 5.08. The van der Waals surface area contributed by atoms with Gasteiger partial charge in [-0.05, 0) is 12.3 Å². The highest BCUT2D eigenvalue weighted by Crippen LogP contribution is 2.15. The van der Waals surface area contributed by atoms with E-state index < -0.39 is 10.4 Å². The summed E-state index contributed by atoms with van der Waals surface area (Å²) in [4.78, 5) is 0. The molecule has 1 atom stereocenters. The Hall–Kier alpha value is -0.130. The number of hydrogen-bond donors (Lipinski definition) is 0. The largest absolute Gasteiger partial charge is 0.399 e. The van der Waals surface area contributed by atoms with Crippen molar-refractivity contribution in [1.29, 1.82) is 0 Å². The van der Waals surface area contributed by atoms with Crippen molar-refractivity contribution in [3.05, 3.63) is 0 Å². The van der Waals surface area contributed by atoms with Crippen LogP contribution in [0.15, 0.2) is 0 Å². The summed E-state index contributed by atoms with van der Waals surface area (Å²) in [7, 11) is -2.63. The molecule has 0 spiro atoms. The highest BCUT2D eigenvalue weighted by atomic mass is 32.3. The zero-order chi connectivity index (χ0) is 16.7. The summed E-state index contributed by atoms with van der Waals surface area (Å²) in [6.07, 6.45) is 15.0. The molecule has 0 radical (unpaired) electrons. The van der Waals surface area contributed by atoms with E-state index in [1.165, 1.54) is 57.8 Å². The Morgan fingerprint density at radius 3 is 1.73 bits per heavy atom. The van der Waals surface area contributed by atoms with E-state index in [-0.39, 0.29) is 6.61 Å². The standard InChI is InChI=1S/C17H36O4S/c1-4-17(2)15-13-11-9-7-5-6-8-10-12-14-16-21-22(18,19)20-3/h17H,4-16H2,1-3H3. The molecule has 22 heavy (non-hydrogen) atoms. The van der Waals surface area contributed by atoms with Crippen molar-refractivity contribution in [2.75, 3.05) is 13.7 Å². The third kappa shape index (κ3) is 14.8. The topological polar surface area (TPSA) is 52.6 Å². The molecule has 0 aliphatic rings. The van der Waals surface area contributed by atoms with E-state index in [4.69, 9.17) is 0 Å². The lowest BCUT2D eigenvalue weighted by Crippen LogP contribution is -2.08. The molecular formula is C17H36O4S. The Balaban J connectivity index is 3.15. The molecule has 0 aromatic heterocycles. The molecule has 0 saturated carbocycles. The van der Waals surface area contributed by atoms with Crippen LogP contribution in [0.3, 0.4) is 0 Å². The van der Waals surface area contributed by atoms with E-state index in [1.807, 2.05) is 0 Å². The van der Waals surface area contributed by atoms with Crippen LogP contribution < -0.4 is 0 Å². The quantitative estimate of drug-likeness (QED) is 0.362. The first-order valence-electron chi connectivity index (χ1n) is 8.96. The molecule has 0 heterocycles. The minimum atomic E-state index is -3.74. The van der Waals surface area contributed by atoms with Crippen LogP contribution in [-0.2, 0) is 18.8 Å². The lowest BCUT2D eigenvalue weighted by atomic mass is 9.99. The Bertz CT molecular complexity index is 328. The molecule has 0 aliphatic carbocycles. The summed E-state index contributed by atoms with van der Waals surface area (Å²) < 4.78 is 30.6. The maximum absolute atomic E-state index is 10.9. The Morgan fingerprint density at radius 2 is 1.27 bits per heavy atom. The second-order valence-electron chi connectivity index (χ2n) is 6.23. The van der Waals surface area contributed by atoms with E-state index in [0.29, 0.717) is 0 Å². The predicted octanol–water partition coefficient (Wildman–Crippen LogP) is 5.23. The van der Waals surface area contributed by atoms with Crippen molar-refractivity contribution in [2.24, 2.45) is 5.92 Å². The molecule has 0 rings (SSSR count). The van der Waals surface area contributed by atoms with Gasteiger partial charge in [0.1, 0.15) is 0 Å². The molecule has 0 N–H and O–H groups in total. The maximum atomic E-state index is 10.9. The van der Waals surface area contributed by atoms with Crippen LogP contribution in [0, 0.1) is 5.92 Å². The van der Waals surface area contributed by atoms with E-state index >= 15 is 0 Å². The maximum Gasteiger partial charge on any atom is 0.399 e. The van der Waals surface area contributed by atoms with Gasteiger partial charge in [0.05, 0.1) is 13.7 Å². The van der Waals surface area contributed by atoms with Gasteiger partial charge in [0.2, 0.25) is 0 Å². The van der Waals surface area contributed by atoms with Crippen LogP contribution in [0.1, 0.15) is 90.9 Å². The monoisotopic (exact) mass is 336 g/mol. The highest BCUT2D eigenvalue weighted by molar-refractivity contribution is 7.81. The zero-order valence-electron chi connectivity index (χ0n) is 14.8. The molecule has 1 unspecified atom stereocenters. The first kappa shape index (κ1) is 21.9. The molecule has 5 heteroatoms. The van der Waals surface area contributed by atoms with Gasteiger partial charge in [0.15, 0.2) is 0 Å². The lowest BCUT2D eigenvalue weighted by molar-refractivity contribution is 0.238. The number of rotatable bonds is 16. The number of unbranched alkanes of at least 4 members (excludes halogenated alkanes) is 9. The van der Waals surface area contributed by atoms with Crippen LogP contribution in [0.5, 0.6) is 0 Å². The molecule has 0 bridgehead atoms. The molecule has 0 saturated heterocycles. The second kappa shape index (κ2) is 14.5. The predicted molar refractivity (Wildman–Crippen MR) is 92.1 cm³/mol. The van der Waals surface area contributed by atoms with Crippen molar-refractivity contribution in [3.8, 4) is 0 Å². The molecule has 0 aromatic rings.